The third-order valence-corrected chi connectivity index (χ3v) is 3.32. The molecule has 0 spiro atoms. The smallest absolute Gasteiger partial charge is 0.342 e. The largest absolute Gasteiger partial charge is 0.462 e. The van der Waals surface area contributed by atoms with Crippen molar-refractivity contribution in [2.75, 3.05) is 6.61 Å². The second-order valence-electron chi connectivity index (χ2n) is 4.84. The van der Waals surface area contributed by atoms with E-state index in [9.17, 15) is 4.79 Å². The van der Waals surface area contributed by atoms with Crippen LogP contribution in [0.1, 0.15) is 22.8 Å². The van der Waals surface area contributed by atoms with Gasteiger partial charge in [0.05, 0.1) is 12.1 Å². The fourth-order valence-corrected chi connectivity index (χ4v) is 2.35. The van der Waals surface area contributed by atoms with Crippen molar-refractivity contribution in [2.45, 2.75) is 13.8 Å². The SMILES string of the molecule is CCOC(=O)c1c(-c2ccccc2)nn2ccc(C)cc12. The monoisotopic (exact) mass is 280 g/mol. The van der Waals surface area contributed by atoms with Crippen LogP contribution in [0.15, 0.2) is 48.7 Å². The molecule has 3 aromatic rings. The van der Waals surface area contributed by atoms with E-state index in [1.807, 2.05) is 55.6 Å². The summed E-state index contributed by atoms with van der Waals surface area (Å²) in [5.74, 6) is -0.336. The molecule has 4 nitrogen and oxygen atoms in total. The molecule has 0 unspecified atom stereocenters. The van der Waals surface area contributed by atoms with Crippen LogP contribution in [0, 0.1) is 6.92 Å². The van der Waals surface area contributed by atoms with Gasteiger partial charge in [-0.1, -0.05) is 30.3 Å². The summed E-state index contributed by atoms with van der Waals surface area (Å²) in [6.45, 7) is 4.14. The summed E-state index contributed by atoms with van der Waals surface area (Å²) in [5.41, 5.74) is 3.92. The molecule has 0 bridgehead atoms. The van der Waals surface area contributed by atoms with Crippen LogP contribution in [0.25, 0.3) is 16.8 Å². The van der Waals surface area contributed by atoms with Crippen molar-refractivity contribution >= 4 is 11.5 Å². The van der Waals surface area contributed by atoms with E-state index in [4.69, 9.17) is 4.74 Å². The number of ether oxygens (including phenoxy) is 1. The summed E-state index contributed by atoms with van der Waals surface area (Å²) < 4.78 is 6.93. The molecule has 0 N–H and O–H groups in total. The van der Waals surface area contributed by atoms with Crippen molar-refractivity contribution in [1.29, 1.82) is 0 Å². The summed E-state index contributed by atoms with van der Waals surface area (Å²) in [7, 11) is 0. The second kappa shape index (κ2) is 5.40. The zero-order valence-corrected chi connectivity index (χ0v) is 12.0. The summed E-state index contributed by atoms with van der Waals surface area (Å²) in [6, 6.07) is 13.6. The standard InChI is InChI=1S/C17H16N2O2/c1-3-21-17(20)15-14-11-12(2)9-10-19(14)18-16(15)13-7-5-4-6-8-13/h4-11H,3H2,1-2H3. The molecule has 1 aromatic carbocycles. The Hall–Kier alpha value is -2.62. The summed E-state index contributed by atoms with van der Waals surface area (Å²) in [4.78, 5) is 12.3. The molecule has 4 heteroatoms. The van der Waals surface area contributed by atoms with Gasteiger partial charge in [0.25, 0.3) is 0 Å². The number of hydrogen-bond acceptors (Lipinski definition) is 3. The Bertz CT molecular complexity index is 791. The van der Waals surface area contributed by atoms with E-state index in [2.05, 4.69) is 5.10 Å². The highest BCUT2D eigenvalue weighted by Crippen LogP contribution is 2.27. The van der Waals surface area contributed by atoms with Gasteiger partial charge >= 0.3 is 5.97 Å². The first-order valence-corrected chi connectivity index (χ1v) is 6.92. The number of aryl methyl sites for hydroxylation is 1. The summed E-state index contributed by atoms with van der Waals surface area (Å²) >= 11 is 0. The Morgan fingerprint density at radius 2 is 2.00 bits per heavy atom. The lowest BCUT2D eigenvalue weighted by molar-refractivity contribution is 0.0529. The molecule has 0 aliphatic heterocycles. The first kappa shape index (κ1) is 13.4. The Labute approximate surface area is 123 Å². The summed E-state index contributed by atoms with van der Waals surface area (Å²) in [6.07, 6.45) is 1.86. The number of carbonyl (C=O) groups excluding carboxylic acids is 1. The number of pyridine rings is 1. The molecule has 0 saturated carbocycles. The molecule has 0 aliphatic carbocycles. The molecule has 0 saturated heterocycles. The van der Waals surface area contributed by atoms with Crippen molar-refractivity contribution < 1.29 is 9.53 Å². The Morgan fingerprint density at radius 1 is 1.24 bits per heavy atom. The van der Waals surface area contributed by atoms with Crippen LogP contribution in [-0.4, -0.2) is 22.2 Å². The third kappa shape index (κ3) is 2.40. The van der Waals surface area contributed by atoms with Crippen LogP contribution in [0.2, 0.25) is 0 Å². The number of benzene rings is 1. The number of rotatable bonds is 3. The van der Waals surface area contributed by atoms with E-state index in [-0.39, 0.29) is 5.97 Å². The fourth-order valence-electron chi connectivity index (χ4n) is 2.35. The highest BCUT2D eigenvalue weighted by Gasteiger charge is 2.21. The average molecular weight is 280 g/mol. The maximum Gasteiger partial charge on any atom is 0.342 e. The van der Waals surface area contributed by atoms with Crippen molar-refractivity contribution in [1.82, 2.24) is 9.61 Å². The zero-order valence-electron chi connectivity index (χ0n) is 12.0. The first-order chi connectivity index (χ1) is 10.2. The molecular weight excluding hydrogens is 264 g/mol. The van der Waals surface area contributed by atoms with E-state index in [1.165, 1.54) is 0 Å². The molecular formula is C17H16N2O2. The van der Waals surface area contributed by atoms with Crippen molar-refractivity contribution in [3.63, 3.8) is 0 Å². The Morgan fingerprint density at radius 3 is 2.71 bits per heavy atom. The molecule has 0 aliphatic rings. The van der Waals surface area contributed by atoms with Crippen LogP contribution < -0.4 is 0 Å². The highest BCUT2D eigenvalue weighted by atomic mass is 16.5. The van der Waals surface area contributed by atoms with Gasteiger partial charge in [0.2, 0.25) is 0 Å². The van der Waals surface area contributed by atoms with Crippen molar-refractivity contribution in [2.24, 2.45) is 0 Å². The van der Waals surface area contributed by atoms with Crippen LogP contribution in [0.3, 0.4) is 0 Å². The number of aromatic nitrogens is 2. The van der Waals surface area contributed by atoms with E-state index >= 15 is 0 Å². The van der Waals surface area contributed by atoms with Gasteiger partial charge in [0.15, 0.2) is 0 Å². The third-order valence-electron chi connectivity index (χ3n) is 3.32. The van der Waals surface area contributed by atoms with Gasteiger partial charge in [-0.3, -0.25) is 0 Å². The Kier molecular flexibility index (Phi) is 3.44. The quantitative estimate of drug-likeness (QED) is 0.690. The lowest BCUT2D eigenvalue weighted by Crippen LogP contribution is -2.05. The van der Waals surface area contributed by atoms with Crippen LogP contribution in [-0.2, 0) is 4.74 Å². The lowest BCUT2D eigenvalue weighted by atomic mass is 10.1. The van der Waals surface area contributed by atoms with Crippen molar-refractivity contribution in [3.8, 4) is 11.3 Å². The predicted octanol–water partition coefficient (Wildman–Crippen LogP) is 3.49. The minimum absolute atomic E-state index is 0.336. The predicted molar refractivity (Wildman–Crippen MR) is 81.3 cm³/mol. The summed E-state index contributed by atoms with van der Waals surface area (Å²) in [5, 5.41) is 4.54. The normalized spacial score (nSPS) is 10.8. The number of fused-ring (bicyclic) bond motifs is 1. The molecule has 0 atom stereocenters. The molecule has 0 radical (unpaired) electrons. The van der Waals surface area contributed by atoms with E-state index < -0.39 is 0 Å². The van der Waals surface area contributed by atoms with Gasteiger partial charge in [0, 0.05) is 11.8 Å². The van der Waals surface area contributed by atoms with E-state index in [0.29, 0.717) is 17.9 Å². The minimum atomic E-state index is -0.336. The van der Waals surface area contributed by atoms with Gasteiger partial charge in [-0.25, -0.2) is 9.31 Å². The lowest BCUT2D eigenvalue weighted by Gasteiger charge is -2.03. The van der Waals surface area contributed by atoms with Gasteiger partial charge in [-0.15, -0.1) is 0 Å². The maximum atomic E-state index is 12.3. The fraction of sp³-hybridized carbons (Fsp3) is 0.176. The van der Waals surface area contributed by atoms with Crippen LogP contribution in [0.5, 0.6) is 0 Å². The molecule has 2 heterocycles. The topological polar surface area (TPSA) is 43.6 Å². The Balaban J connectivity index is 2.28. The second-order valence-corrected chi connectivity index (χ2v) is 4.84. The van der Waals surface area contributed by atoms with E-state index in [0.717, 1.165) is 16.6 Å². The molecule has 106 valence electrons. The van der Waals surface area contributed by atoms with Crippen molar-refractivity contribution in [3.05, 3.63) is 59.8 Å². The molecule has 0 amide bonds. The van der Waals surface area contributed by atoms with E-state index in [1.54, 1.807) is 11.4 Å². The molecule has 2 aromatic heterocycles. The van der Waals surface area contributed by atoms with Gasteiger partial charge in [-0.05, 0) is 31.5 Å². The van der Waals surface area contributed by atoms with Crippen LogP contribution >= 0.6 is 0 Å². The maximum absolute atomic E-state index is 12.3. The average Bonchev–Trinajstić information content (AvgIpc) is 2.87. The van der Waals surface area contributed by atoms with Crippen LogP contribution in [0.4, 0.5) is 0 Å². The molecule has 0 fully saturated rings. The number of nitrogens with zero attached hydrogens (tertiary/aromatic N) is 2. The highest BCUT2D eigenvalue weighted by molar-refractivity contribution is 6.03. The number of esters is 1. The minimum Gasteiger partial charge on any atom is -0.462 e. The molecule has 21 heavy (non-hydrogen) atoms. The first-order valence-electron chi connectivity index (χ1n) is 6.92. The van der Waals surface area contributed by atoms with Gasteiger partial charge < -0.3 is 4.74 Å². The number of hydrogen-bond donors (Lipinski definition) is 0. The zero-order chi connectivity index (χ0) is 14.8. The number of carbonyl (C=O) groups is 1. The molecule has 3 rings (SSSR count). The van der Waals surface area contributed by atoms with Gasteiger partial charge in [-0.2, -0.15) is 5.10 Å². The van der Waals surface area contributed by atoms with Gasteiger partial charge in [0.1, 0.15) is 11.3 Å².